The van der Waals surface area contributed by atoms with Crippen molar-refractivity contribution >= 4 is 15.7 Å². The van der Waals surface area contributed by atoms with E-state index in [1.54, 1.807) is 16.4 Å². The fraction of sp³-hybridized carbons (Fsp3) is 0.350. The maximum Gasteiger partial charge on any atom is 0.264 e. The lowest BCUT2D eigenvalue weighted by molar-refractivity contribution is 0.422. The summed E-state index contributed by atoms with van der Waals surface area (Å²) in [6, 6.07) is 16.8. The third-order valence-corrected chi connectivity index (χ3v) is 7.34. The quantitative estimate of drug-likeness (QED) is 0.821. The second-order valence-corrected chi connectivity index (χ2v) is 8.76. The average Bonchev–Trinajstić information content (AvgIpc) is 3.08. The molecule has 1 heterocycles. The molecule has 0 spiro atoms. The van der Waals surface area contributed by atoms with Gasteiger partial charge < -0.3 is 0 Å². The van der Waals surface area contributed by atoms with Crippen LogP contribution in [0, 0.1) is 24.2 Å². The molecule has 1 aliphatic carbocycles. The minimum Gasteiger partial charge on any atom is -0.263 e. The van der Waals surface area contributed by atoms with Crippen molar-refractivity contribution in [2.75, 3.05) is 4.31 Å². The van der Waals surface area contributed by atoms with Crippen LogP contribution in [0.2, 0.25) is 0 Å². The lowest BCUT2D eigenvalue weighted by Crippen LogP contribution is -2.47. The van der Waals surface area contributed by atoms with E-state index >= 15 is 0 Å². The highest BCUT2D eigenvalue weighted by Crippen LogP contribution is 2.50. The molecule has 5 heteroatoms. The fourth-order valence-corrected chi connectivity index (χ4v) is 6.06. The number of hydrogen-bond donors (Lipinski definition) is 0. The number of anilines is 1. The summed E-state index contributed by atoms with van der Waals surface area (Å²) in [6.07, 6.45) is 2.67. The first-order chi connectivity index (χ1) is 12.0. The molecule has 1 aliphatic heterocycles. The van der Waals surface area contributed by atoms with Gasteiger partial charge in [-0.3, -0.25) is 4.31 Å². The molecule has 128 valence electrons. The Morgan fingerprint density at radius 1 is 1.08 bits per heavy atom. The molecule has 1 saturated carbocycles. The molecular weight excluding hydrogens is 332 g/mol. The molecule has 0 unspecified atom stereocenters. The summed E-state index contributed by atoms with van der Waals surface area (Å²) in [5, 5.41) is 9.70. The Morgan fingerprint density at radius 3 is 2.52 bits per heavy atom. The number of sulfonamides is 1. The van der Waals surface area contributed by atoms with Gasteiger partial charge in [-0.25, -0.2) is 8.42 Å². The van der Waals surface area contributed by atoms with Crippen molar-refractivity contribution in [2.45, 2.75) is 43.0 Å². The number of benzene rings is 2. The summed E-state index contributed by atoms with van der Waals surface area (Å²) < 4.78 is 28.5. The minimum absolute atomic E-state index is 0.0696. The zero-order valence-corrected chi connectivity index (χ0v) is 14.9. The molecule has 4 rings (SSSR count). The van der Waals surface area contributed by atoms with Crippen LogP contribution in [0.25, 0.3) is 0 Å². The van der Waals surface area contributed by atoms with E-state index in [4.69, 9.17) is 0 Å². The van der Waals surface area contributed by atoms with Crippen LogP contribution < -0.4 is 4.31 Å². The molecule has 0 radical (unpaired) electrons. The SMILES string of the molecule is Cc1ccc(S(=O)(=O)N2c3ccccc3[C@H](C#N)[C@H]3CCC[C@@H]32)cc1. The molecule has 4 nitrogen and oxygen atoms in total. The van der Waals surface area contributed by atoms with Gasteiger partial charge in [0.05, 0.1) is 22.6 Å². The van der Waals surface area contributed by atoms with Crippen molar-refractivity contribution in [3.05, 3.63) is 59.7 Å². The van der Waals surface area contributed by atoms with Crippen LogP contribution in [0.1, 0.15) is 36.3 Å². The molecule has 1 fully saturated rings. The Labute approximate surface area is 148 Å². The topological polar surface area (TPSA) is 61.2 Å². The second-order valence-electron chi connectivity index (χ2n) is 6.94. The Bertz CT molecular complexity index is 944. The maximum absolute atomic E-state index is 13.4. The largest absolute Gasteiger partial charge is 0.264 e. The Balaban J connectivity index is 1.91. The van der Waals surface area contributed by atoms with Gasteiger partial charge in [-0.1, -0.05) is 42.3 Å². The molecule has 0 bridgehead atoms. The number of nitrogens with zero attached hydrogens (tertiary/aromatic N) is 2. The minimum atomic E-state index is -3.65. The summed E-state index contributed by atoms with van der Waals surface area (Å²) in [6.45, 7) is 1.94. The van der Waals surface area contributed by atoms with Crippen molar-refractivity contribution in [3.63, 3.8) is 0 Å². The number of fused-ring (bicyclic) bond motifs is 2. The van der Waals surface area contributed by atoms with Crippen molar-refractivity contribution in [1.82, 2.24) is 0 Å². The smallest absolute Gasteiger partial charge is 0.263 e. The molecule has 0 aromatic heterocycles. The van der Waals surface area contributed by atoms with Gasteiger partial charge in [0.15, 0.2) is 0 Å². The zero-order chi connectivity index (χ0) is 17.6. The Hall–Kier alpha value is -2.32. The molecule has 2 aromatic rings. The van der Waals surface area contributed by atoms with Gasteiger partial charge in [-0.05, 0) is 43.5 Å². The van der Waals surface area contributed by atoms with E-state index in [1.807, 2.05) is 43.3 Å². The van der Waals surface area contributed by atoms with Crippen LogP contribution in [-0.2, 0) is 10.0 Å². The predicted octanol–water partition coefficient (Wildman–Crippen LogP) is 3.98. The van der Waals surface area contributed by atoms with E-state index in [-0.39, 0.29) is 17.9 Å². The monoisotopic (exact) mass is 352 g/mol. The first-order valence-electron chi connectivity index (χ1n) is 8.63. The summed E-state index contributed by atoms with van der Waals surface area (Å²) in [5.74, 6) is -0.159. The van der Waals surface area contributed by atoms with E-state index < -0.39 is 10.0 Å². The fourth-order valence-electron chi connectivity index (χ4n) is 4.31. The Kier molecular flexibility index (Phi) is 3.81. The summed E-state index contributed by atoms with van der Waals surface area (Å²) in [5.41, 5.74) is 2.53. The van der Waals surface area contributed by atoms with E-state index in [0.29, 0.717) is 10.6 Å². The molecule has 25 heavy (non-hydrogen) atoms. The summed E-state index contributed by atoms with van der Waals surface area (Å²) in [7, 11) is -3.65. The van der Waals surface area contributed by atoms with Crippen LogP contribution in [0.3, 0.4) is 0 Å². The van der Waals surface area contributed by atoms with Crippen molar-refractivity contribution in [3.8, 4) is 6.07 Å². The lowest BCUT2D eigenvalue weighted by atomic mass is 9.80. The molecule has 3 atom stereocenters. The zero-order valence-electron chi connectivity index (χ0n) is 14.1. The van der Waals surface area contributed by atoms with Gasteiger partial charge in [0, 0.05) is 12.0 Å². The van der Waals surface area contributed by atoms with Crippen molar-refractivity contribution < 1.29 is 8.42 Å². The highest BCUT2D eigenvalue weighted by molar-refractivity contribution is 7.92. The van der Waals surface area contributed by atoms with Crippen LogP contribution in [0.15, 0.2) is 53.4 Å². The van der Waals surface area contributed by atoms with Crippen molar-refractivity contribution in [1.29, 1.82) is 5.26 Å². The van der Waals surface area contributed by atoms with Gasteiger partial charge in [-0.15, -0.1) is 0 Å². The van der Waals surface area contributed by atoms with E-state index in [1.165, 1.54) is 0 Å². The van der Waals surface area contributed by atoms with E-state index in [9.17, 15) is 13.7 Å². The van der Waals surface area contributed by atoms with Crippen LogP contribution in [0.5, 0.6) is 0 Å². The third kappa shape index (κ3) is 2.44. The van der Waals surface area contributed by atoms with Crippen LogP contribution in [-0.4, -0.2) is 14.5 Å². The summed E-state index contributed by atoms with van der Waals surface area (Å²) >= 11 is 0. The summed E-state index contributed by atoms with van der Waals surface area (Å²) in [4.78, 5) is 0.314. The van der Waals surface area contributed by atoms with Crippen LogP contribution in [0.4, 0.5) is 5.69 Å². The molecule has 2 aromatic carbocycles. The van der Waals surface area contributed by atoms with Gasteiger partial charge in [-0.2, -0.15) is 5.26 Å². The molecule has 2 aliphatic rings. The predicted molar refractivity (Wildman–Crippen MR) is 96.8 cm³/mol. The van der Waals surface area contributed by atoms with Gasteiger partial charge in [0.1, 0.15) is 0 Å². The molecule has 0 amide bonds. The molecule has 0 N–H and O–H groups in total. The second kappa shape index (κ2) is 5.89. The third-order valence-electron chi connectivity index (χ3n) is 5.49. The van der Waals surface area contributed by atoms with Gasteiger partial charge >= 0.3 is 0 Å². The number of rotatable bonds is 2. The molecular formula is C20H20N2O2S. The molecule has 0 saturated heterocycles. The van der Waals surface area contributed by atoms with E-state index in [0.717, 1.165) is 30.4 Å². The van der Waals surface area contributed by atoms with Gasteiger partial charge in [0.25, 0.3) is 10.0 Å². The van der Waals surface area contributed by atoms with Crippen molar-refractivity contribution in [2.24, 2.45) is 5.92 Å². The average molecular weight is 352 g/mol. The van der Waals surface area contributed by atoms with Gasteiger partial charge in [0.2, 0.25) is 0 Å². The number of para-hydroxylation sites is 1. The normalized spacial score (nSPS) is 25.1. The number of aryl methyl sites for hydroxylation is 1. The highest BCUT2D eigenvalue weighted by atomic mass is 32.2. The number of nitriles is 1. The van der Waals surface area contributed by atoms with Crippen LogP contribution >= 0.6 is 0 Å². The number of hydrogen-bond acceptors (Lipinski definition) is 3. The first kappa shape index (κ1) is 16.2. The first-order valence-corrected chi connectivity index (χ1v) is 10.1. The maximum atomic E-state index is 13.4. The standard InChI is InChI=1S/C20H20N2O2S/c1-14-9-11-15(12-10-14)25(23,24)22-19-7-3-2-5-16(19)18(13-21)17-6-4-8-20(17)22/h2-3,5,7,9-12,17-18,20H,4,6,8H2,1H3/t17-,18+,20+/m1/s1. The van der Waals surface area contributed by atoms with E-state index in [2.05, 4.69) is 6.07 Å². The lowest BCUT2D eigenvalue weighted by Gasteiger charge is -2.41. The highest BCUT2D eigenvalue weighted by Gasteiger charge is 2.48. The Morgan fingerprint density at radius 2 is 1.80 bits per heavy atom.